The smallest absolute Gasteiger partial charge is 0.218 e. The zero-order valence-electron chi connectivity index (χ0n) is 11.3. The van der Waals surface area contributed by atoms with E-state index in [1.165, 1.54) is 0 Å². The molecule has 4 heteroatoms. The molecule has 18 heavy (non-hydrogen) atoms. The number of ether oxygens (including phenoxy) is 1. The van der Waals surface area contributed by atoms with E-state index in [1.807, 2.05) is 38.1 Å². The quantitative estimate of drug-likeness (QED) is 0.778. The van der Waals surface area contributed by atoms with Gasteiger partial charge in [-0.1, -0.05) is 12.1 Å². The average molecular weight is 250 g/mol. The number of rotatable bonds is 7. The number of nitrogens with one attached hydrogen (secondary N) is 1. The maximum atomic E-state index is 10.8. The van der Waals surface area contributed by atoms with Crippen LogP contribution in [0.5, 0.6) is 5.75 Å². The van der Waals surface area contributed by atoms with Crippen molar-refractivity contribution in [3.05, 3.63) is 29.8 Å². The molecule has 0 bridgehead atoms. The Kier molecular flexibility index (Phi) is 5.65. The highest BCUT2D eigenvalue weighted by atomic mass is 16.5. The Morgan fingerprint density at radius 3 is 2.44 bits per heavy atom. The predicted molar refractivity (Wildman–Crippen MR) is 72.4 cm³/mol. The van der Waals surface area contributed by atoms with Crippen LogP contribution in [0.2, 0.25) is 0 Å². The van der Waals surface area contributed by atoms with E-state index >= 15 is 0 Å². The van der Waals surface area contributed by atoms with E-state index in [9.17, 15) is 4.79 Å². The van der Waals surface area contributed by atoms with E-state index in [0.29, 0.717) is 13.0 Å². The number of hydrogen-bond donors (Lipinski definition) is 2. The highest BCUT2D eigenvalue weighted by Gasteiger charge is 2.11. The molecule has 0 heterocycles. The SMILES string of the molecule is CCOc1ccc(C(C)NC(C)CC(N)=O)cc1. The van der Waals surface area contributed by atoms with Crippen LogP contribution in [0.25, 0.3) is 0 Å². The van der Waals surface area contributed by atoms with Crippen LogP contribution < -0.4 is 15.8 Å². The van der Waals surface area contributed by atoms with Crippen LogP contribution in [0.3, 0.4) is 0 Å². The summed E-state index contributed by atoms with van der Waals surface area (Å²) in [5.74, 6) is 0.590. The number of carbonyl (C=O) groups excluding carboxylic acids is 1. The molecular weight excluding hydrogens is 228 g/mol. The van der Waals surface area contributed by atoms with Gasteiger partial charge in [0.05, 0.1) is 6.61 Å². The minimum Gasteiger partial charge on any atom is -0.494 e. The highest BCUT2D eigenvalue weighted by Crippen LogP contribution is 2.18. The van der Waals surface area contributed by atoms with E-state index in [0.717, 1.165) is 11.3 Å². The molecule has 0 saturated heterocycles. The molecule has 1 aromatic rings. The van der Waals surface area contributed by atoms with Crippen molar-refractivity contribution in [3.8, 4) is 5.75 Å². The van der Waals surface area contributed by atoms with Crippen molar-refractivity contribution in [3.63, 3.8) is 0 Å². The van der Waals surface area contributed by atoms with Gasteiger partial charge in [0, 0.05) is 18.5 Å². The third-order valence-corrected chi connectivity index (χ3v) is 2.73. The van der Waals surface area contributed by atoms with E-state index in [-0.39, 0.29) is 18.0 Å². The summed E-state index contributed by atoms with van der Waals surface area (Å²) in [5, 5.41) is 3.34. The van der Waals surface area contributed by atoms with Gasteiger partial charge < -0.3 is 15.8 Å². The standard InChI is InChI=1S/C14H22N2O2/c1-4-18-13-7-5-12(6-8-13)11(3)16-10(2)9-14(15)17/h5-8,10-11,16H,4,9H2,1-3H3,(H2,15,17). The van der Waals surface area contributed by atoms with Gasteiger partial charge in [0.1, 0.15) is 5.75 Å². The third-order valence-electron chi connectivity index (χ3n) is 2.73. The lowest BCUT2D eigenvalue weighted by atomic mass is 10.1. The molecule has 4 nitrogen and oxygen atoms in total. The number of primary amides is 1. The van der Waals surface area contributed by atoms with Crippen molar-refractivity contribution in [1.29, 1.82) is 0 Å². The maximum Gasteiger partial charge on any atom is 0.218 e. The van der Waals surface area contributed by atoms with Gasteiger partial charge in [0.2, 0.25) is 5.91 Å². The van der Waals surface area contributed by atoms with Crippen molar-refractivity contribution in [2.75, 3.05) is 6.61 Å². The minimum absolute atomic E-state index is 0.0732. The zero-order valence-corrected chi connectivity index (χ0v) is 11.3. The van der Waals surface area contributed by atoms with Gasteiger partial charge >= 0.3 is 0 Å². The Hall–Kier alpha value is -1.55. The first-order valence-corrected chi connectivity index (χ1v) is 6.30. The van der Waals surface area contributed by atoms with Gasteiger partial charge in [-0.3, -0.25) is 4.79 Å². The van der Waals surface area contributed by atoms with Crippen molar-refractivity contribution in [2.24, 2.45) is 5.73 Å². The summed E-state index contributed by atoms with van der Waals surface area (Å²) in [6.07, 6.45) is 0.349. The Morgan fingerprint density at radius 2 is 1.94 bits per heavy atom. The molecule has 0 aromatic heterocycles. The lowest BCUT2D eigenvalue weighted by Gasteiger charge is -2.19. The lowest BCUT2D eigenvalue weighted by molar-refractivity contribution is -0.118. The van der Waals surface area contributed by atoms with E-state index in [1.54, 1.807) is 0 Å². The molecule has 2 atom stereocenters. The fraction of sp³-hybridized carbons (Fsp3) is 0.500. The molecule has 3 N–H and O–H groups in total. The molecule has 0 radical (unpaired) electrons. The highest BCUT2D eigenvalue weighted by molar-refractivity contribution is 5.74. The first kappa shape index (κ1) is 14.5. The Balaban J connectivity index is 2.55. The number of carbonyl (C=O) groups is 1. The van der Waals surface area contributed by atoms with Gasteiger partial charge in [-0.2, -0.15) is 0 Å². The molecule has 1 rings (SSSR count). The second-order valence-electron chi connectivity index (χ2n) is 4.46. The number of amides is 1. The van der Waals surface area contributed by atoms with Crippen molar-refractivity contribution >= 4 is 5.91 Å². The number of hydrogen-bond acceptors (Lipinski definition) is 3. The van der Waals surface area contributed by atoms with Gasteiger partial charge in [-0.05, 0) is 38.5 Å². The summed E-state index contributed by atoms with van der Waals surface area (Å²) in [6, 6.07) is 8.21. The minimum atomic E-state index is -0.283. The van der Waals surface area contributed by atoms with Crippen LogP contribution >= 0.6 is 0 Å². The zero-order chi connectivity index (χ0) is 13.5. The molecule has 1 aromatic carbocycles. The second kappa shape index (κ2) is 7.01. The van der Waals surface area contributed by atoms with Gasteiger partial charge in [0.15, 0.2) is 0 Å². The molecule has 0 aliphatic heterocycles. The van der Waals surface area contributed by atoms with Crippen LogP contribution in [0.15, 0.2) is 24.3 Å². The first-order chi connectivity index (χ1) is 8.52. The Bertz CT molecular complexity index is 376. The molecule has 1 amide bonds. The van der Waals surface area contributed by atoms with Gasteiger partial charge in [-0.15, -0.1) is 0 Å². The van der Waals surface area contributed by atoms with Crippen LogP contribution in [-0.2, 0) is 4.79 Å². The molecule has 0 aliphatic carbocycles. The van der Waals surface area contributed by atoms with E-state index in [2.05, 4.69) is 12.2 Å². The summed E-state index contributed by atoms with van der Waals surface area (Å²) >= 11 is 0. The van der Waals surface area contributed by atoms with Crippen LogP contribution in [0.1, 0.15) is 38.8 Å². The summed E-state index contributed by atoms with van der Waals surface area (Å²) in [6.45, 7) is 6.65. The fourth-order valence-corrected chi connectivity index (χ4v) is 1.90. The number of nitrogens with two attached hydrogens (primary N) is 1. The molecule has 0 aliphatic rings. The first-order valence-electron chi connectivity index (χ1n) is 6.30. The number of benzene rings is 1. The molecule has 0 saturated carbocycles. The Morgan fingerprint density at radius 1 is 1.33 bits per heavy atom. The largest absolute Gasteiger partial charge is 0.494 e. The van der Waals surface area contributed by atoms with Crippen LogP contribution in [-0.4, -0.2) is 18.6 Å². The predicted octanol–water partition coefficient (Wildman–Crippen LogP) is 2.00. The molecule has 0 spiro atoms. The fourth-order valence-electron chi connectivity index (χ4n) is 1.90. The normalized spacial score (nSPS) is 13.9. The maximum absolute atomic E-state index is 10.8. The van der Waals surface area contributed by atoms with E-state index in [4.69, 9.17) is 10.5 Å². The molecule has 2 unspecified atom stereocenters. The van der Waals surface area contributed by atoms with Crippen LogP contribution in [0.4, 0.5) is 0 Å². The summed E-state index contributed by atoms with van der Waals surface area (Å²) in [7, 11) is 0. The van der Waals surface area contributed by atoms with Crippen LogP contribution in [0, 0.1) is 0 Å². The second-order valence-corrected chi connectivity index (χ2v) is 4.46. The molecular formula is C14H22N2O2. The summed E-state index contributed by atoms with van der Waals surface area (Å²) in [4.78, 5) is 10.8. The van der Waals surface area contributed by atoms with Crippen molar-refractivity contribution in [2.45, 2.75) is 39.3 Å². The third kappa shape index (κ3) is 4.75. The van der Waals surface area contributed by atoms with E-state index < -0.39 is 0 Å². The van der Waals surface area contributed by atoms with Crippen molar-refractivity contribution < 1.29 is 9.53 Å². The average Bonchev–Trinajstić information content (AvgIpc) is 2.29. The summed E-state index contributed by atoms with van der Waals surface area (Å²) < 4.78 is 5.39. The topological polar surface area (TPSA) is 64.3 Å². The van der Waals surface area contributed by atoms with Gasteiger partial charge in [-0.25, -0.2) is 0 Å². The Labute approximate surface area is 109 Å². The summed E-state index contributed by atoms with van der Waals surface area (Å²) in [5.41, 5.74) is 6.33. The lowest BCUT2D eigenvalue weighted by Crippen LogP contribution is -2.32. The molecule has 0 fully saturated rings. The van der Waals surface area contributed by atoms with Gasteiger partial charge in [0.25, 0.3) is 0 Å². The van der Waals surface area contributed by atoms with Crippen molar-refractivity contribution in [1.82, 2.24) is 5.32 Å². The monoisotopic (exact) mass is 250 g/mol. The molecule has 100 valence electrons.